The number of ether oxygens (including phenoxy) is 3. The van der Waals surface area contributed by atoms with Crippen LogP contribution in [-0.4, -0.2) is 18.9 Å². The second-order valence-corrected chi connectivity index (χ2v) is 7.61. The van der Waals surface area contributed by atoms with Crippen LogP contribution < -0.4 is 14.2 Å². The molecule has 3 aromatic carbocycles. The van der Waals surface area contributed by atoms with Gasteiger partial charge in [-0.3, -0.25) is 4.79 Å². The molecule has 0 spiro atoms. The van der Waals surface area contributed by atoms with Gasteiger partial charge in [0, 0.05) is 5.56 Å². The lowest BCUT2D eigenvalue weighted by molar-refractivity contribution is 0.0732. The van der Waals surface area contributed by atoms with E-state index in [0.29, 0.717) is 28.4 Å². The Labute approximate surface area is 182 Å². The molecule has 0 saturated heterocycles. The Hall–Kier alpha value is -3.60. The van der Waals surface area contributed by atoms with Crippen molar-refractivity contribution in [3.63, 3.8) is 0 Å². The number of rotatable bonds is 6. The van der Waals surface area contributed by atoms with E-state index in [-0.39, 0.29) is 5.78 Å². The van der Waals surface area contributed by atoms with Gasteiger partial charge in [0.15, 0.2) is 5.78 Å². The highest BCUT2D eigenvalue weighted by Crippen LogP contribution is 2.34. The van der Waals surface area contributed by atoms with Crippen molar-refractivity contribution < 1.29 is 23.8 Å². The number of methoxy groups -OCH3 is 1. The van der Waals surface area contributed by atoms with Gasteiger partial charge in [-0.15, -0.1) is 0 Å². The van der Waals surface area contributed by atoms with Gasteiger partial charge in [-0.1, -0.05) is 12.1 Å². The van der Waals surface area contributed by atoms with Gasteiger partial charge in [-0.25, -0.2) is 4.79 Å². The number of carbonyl (C=O) groups is 2. The summed E-state index contributed by atoms with van der Waals surface area (Å²) in [5.74, 6) is 2.07. The number of hydrogen-bond acceptors (Lipinski definition) is 5. The minimum Gasteiger partial charge on any atom is -0.496 e. The van der Waals surface area contributed by atoms with Gasteiger partial charge in [-0.05, 0) is 93.3 Å². The van der Waals surface area contributed by atoms with E-state index in [9.17, 15) is 9.59 Å². The van der Waals surface area contributed by atoms with Crippen molar-refractivity contribution in [3.05, 3.63) is 81.9 Å². The molecule has 3 rings (SSSR count). The summed E-state index contributed by atoms with van der Waals surface area (Å²) in [5, 5.41) is 0. The normalized spacial score (nSPS) is 10.5. The minimum absolute atomic E-state index is 0.104. The van der Waals surface area contributed by atoms with Crippen molar-refractivity contribution in [3.8, 4) is 23.0 Å². The van der Waals surface area contributed by atoms with Crippen LogP contribution in [0.1, 0.15) is 49.9 Å². The summed E-state index contributed by atoms with van der Waals surface area (Å²) in [4.78, 5) is 24.2. The Balaban J connectivity index is 1.83. The van der Waals surface area contributed by atoms with Crippen molar-refractivity contribution in [2.24, 2.45) is 0 Å². The molecule has 0 radical (unpaired) electrons. The van der Waals surface area contributed by atoms with Crippen LogP contribution in [0.5, 0.6) is 23.0 Å². The zero-order valence-corrected chi connectivity index (χ0v) is 18.7. The standard InChI is InChI=1S/C26H26O5/c1-15-10-22(11-16(2)24(15)29-6)30-23-12-17(3)25(18(4)13-23)31-26(28)21-9-7-8-20(14-21)19(5)27/h7-14H,1-6H3. The van der Waals surface area contributed by atoms with Gasteiger partial charge in [0.2, 0.25) is 0 Å². The van der Waals surface area contributed by atoms with Crippen molar-refractivity contribution in [2.45, 2.75) is 34.6 Å². The summed E-state index contributed by atoms with van der Waals surface area (Å²) < 4.78 is 17.1. The first-order valence-corrected chi connectivity index (χ1v) is 9.97. The molecule has 31 heavy (non-hydrogen) atoms. The Morgan fingerprint density at radius 2 is 1.19 bits per heavy atom. The molecule has 0 aliphatic heterocycles. The largest absolute Gasteiger partial charge is 0.496 e. The first-order chi connectivity index (χ1) is 14.7. The van der Waals surface area contributed by atoms with E-state index >= 15 is 0 Å². The maximum absolute atomic E-state index is 12.6. The van der Waals surface area contributed by atoms with Gasteiger partial charge >= 0.3 is 5.97 Å². The monoisotopic (exact) mass is 418 g/mol. The number of carbonyl (C=O) groups excluding carboxylic acids is 2. The van der Waals surface area contributed by atoms with Crippen LogP contribution in [0.15, 0.2) is 48.5 Å². The van der Waals surface area contributed by atoms with Gasteiger partial charge in [-0.2, -0.15) is 0 Å². The fourth-order valence-corrected chi connectivity index (χ4v) is 3.57. The number of ketones is 1. The molecule has 0 atom stereocenters. The SMILES string of the molecule is COc1c(C)cc(Oc2cc(C)c(OC(=O)c3cccc(C(C)=O)c3)c(C)c2)cc1C. The van der Waals surface area contributed by atoms with Crippen LogP contribution in [0.4, 0.5) is 0 Å². The second kappa shape index (κ2) is 9.04. The number of aryl methyl sites for hydroxylation is 4. The summed E-state index contributed by atoms with van der Waals surface area (Å²) in [5.41, 5.74) is 4.32. The quantitative estimate of drug-likeness (QED) is 0.273. The van der Waals surface area contributed by atoms with E-state index in [1.54, 1.807) is 31.4 Å². The zero-order valence-electron chi connectivity index (χ0n) is 18.7. The summed E-state index contributed by atoms with van der Waals surface area (Å²) >= 11 is 0. The van der Waals surface area contributed by atoms with Gasteiger partial charge in [0.1, 0.15) is 23.0 Å². The number of hydrogen-bond donors (Lipinski definition) is 0. The predicted octanol–water partition coefficient (Wildman–Crippen LogP) is 6.14. The number of esters is 1. The van der Waals surface area contributed by atoms with Crippen LogP contribution in [0.3, 0.4) is 0 Å². The molecule has 0 aliphatic carbocycles. The molecule has 0 heterocycles. The molecule has 0 aliphatic rings. The molecule has 0 N–H and O–H groups in total. The van der Waals surface area contributed by atoms with Gasteiger partial charge in [0.05, 0.1) is 12.7 Å². The van der Waals surface area contributed by atoms with E-state index in [2.05, 4.69) is 0 Å². The molecule has 0 fully saturated rings. The topological polar surface area (TPSA) is 61.8 Å². The fourth-order valence-electron chi connectivity index (χ4n) is 3.57. The average molecular weight is 418 g/mol. The molecule has 5 nitrogen and oxygen atoms in total. The molecule has 5 heteroatoms. The third kappa shape index (κ3) is 4.94. The predicted molar refractivity (Wildman–Crippen MR) is 120 cm³/mol. The molecule has 0 unspecified atom stereocenters. The van der Waals surface area contributed by atoms with Crippen LogP contribution in [0, 0.1) is 27.7 Å². The van der Waals surface area contributed by atoms with Crippen LogP contribution in [-0.2, 0) is 0 Å². The smallest absolute Gasteiger partial charge is 0.343 e. The molecule has 0 bridgehead atoms. The molecular weight excluding hydrogens is 392 g/mol. The fraction of sp³-hybridized carbons (Fsp3) is 0.231. The Morgan fingerprint density at radius 3 is 1.68 bits per heavy atom. The lowest BCUT2D eigenvalue weighted by Gasteiger charge is -2.15. The lowest BCUT2D eigenvalue weighted by atomic mass is 10.1. The highest BCUT2D eigenvalue weighted by molar-refractivity contribution is 5.98. The molecule has 0 saturated carbocycles. The minimum atomic E-state index is -0.510. The maximum atomic E-state index is 12.6. The van der Waals surface area contributed by atoms with Crippen molar-refractivity contribution >= 4 is 11.8 Å². The maximum Gasteiger partial charge on any atom is 0.343 e. The molecule has 3 aromatic rings. The highest BCUT2D eigenvalue weighted by Gasteiger charge is 2.16. The molecule has 160 valence electrons. The number of benzene rings is 3. The first kappa shape index (κ1) is 22.1. The summed E-state index contributed by atoms with van der Waals surface area (Å²) in [7, 11) is 1.65. The van der Waals surface area contributed by atoms with Crippen molar-refractivity contribution in [2.75, 3.05) is 7.11 Å². The van der Waals surface area contributed by atoms with E-state index in [1.165, 1.54) is 6.92 Å². The van der Waals surface area contributed by atoms with Crippen LogP contribution in [0.25, 0.3) is 0 Å². The summed E-state index contributed by atoms with van der Waals surface area (Å²) in [6, 6.07) is 14.0. The zero-order chi connectivity index (χ0) is 22.7. The Morgan fingerprint density at radius 1 is 0.710 bits per heavy atom. The molecular formula is C26H26O5. The molecule has 0 aromatic heterocycles. The first-order valence-electron chi connectivity index (χ1n) is 9.97. The summed E-state index contributed by atoms with van der Waals surface area (Å²) in [6.07, 6.45) is 0. The lowest BCUT2D eigenvalue weighted by Crippen LogP contribution is -2.11. The van der Waals surface area contributed by atoms with Crippen molar-refractivity contribution in [1.82, 2.24) is 0 Å². The van der Waals surface area contributed by atoms with Crippen LogP contribution in [0.2, 0.25) is 0 Å². The van der Waals surface area contributed by atoms with E-state index in [1.807, 2.05) is 52.0 Å². The van der Waals surface area contributed by atoms with E-state index in [0.717, 1.165) is 28.0 Å². The van der Waals surface area contributed by atoms with Gasteiger partial charge in [0.25, 0.3) is 0 Å². The third-order valence-corrected chi connectivity index (χ3v) is 5.01. The highest BCUT2D eigenvalue weighted by atomic mass is 16.5. The third-order valence-electron chi connectivity index (χ3n) is 5.01. The van der Waals surface area contributed by atoms with E-state index < -0.39 is 5.97 Å². The van der Waals surface area contributed by atoms with Gasteiger partial charge < -0.3 is 14.2 Å². The van der Waals surface area contributed by atoms with Crippen molar-refractivity contribution in [1.29, 1.82) is 0 Å². The molecule has 0 amide bonds. The van der Waals surface area contributed by atoms with E-state index in [4.69, 9.17) is 14.2 Å². The Bertz CT molecular complexity index is 1110. The summed E-state index contributed by atoms with van der Waals surface area (Å²) in [6.45, 7) is 9.12. The second-order valence-electron chi connectivity index (χ2n) is 7.61. The van der Waals surface area contributed by atoms with Crippen LogP contribution >= 0.6 is 0 Å². The Kier molecular flexibility index (Phi) is 6.44. The average Bonchev–Trinajstić information content (AvgIpc) is 2.70. The number of Topliss-reactive ketones (excluding diaryl/α,β-unsaturated/α-hetero) is 1.